The largest absolute Gasteiger partial charge is 0.466 e. The molecule has 16 heavy (non-hydrogen) atoms. The maximum Gasteiger partial charge on any atom is 0.313 e. The summed E-state index contributed by atoms with van der Waals surface area (Å²) in [6, 6.07) is 0. The minimum Gasteiger partial charge on any atom is -0.466 e. The molecule has 6 heteroatoms. The van der Waals surface area contributed by atoms with Crippen LogP contribution in [0.4, 0.5) is 0 Å². The van der Waals surface area contributed by atoms with Crippen LogP contribution < -0.4 is 0 Å². The Labute approximate surface area is 96.1 Å². The van der Waals surface area contributed by atoms with E-state index in [-0.39, 0.29) is 6.61 Å². The monoisotopic (exact) mass is 250 g/mol. The van der Waals surface area contributed by atoms with E-state index in [0.717, 1.165) is 0 Å². The first-order valence-electron chi connectivity index (χ1n) is 5.22. The van der Waals surface area contributed by atoms with Crippen LogP contribution in [-0.2, 0) is 24.2 Å². The molecule has 0 aliphatic rings. The number of Topliss-reactive ketones (excluding diaryl/α,β-unsaturated/α-hetero) is 1. The molecular formula is C10H18O5S. The van der Waals surface area contributed by atoms with Crippen molar-refractivity contribution in [2.75, 3.05) is 12.4 Å². The van der Waals surface area contributed by atoms with E-state index in [4.69, 9.17) is 0 Å². The molecule has 0 aromatic rings. The lowest BCUT2D eigenvalue weighted by atomic mass is 10.3. The molecule has 0 rings (SSSR count). The van der Waals surface area contributed by atoms with Crippen LogP contribution in [0.1, 0.15) is 33.6 Å². The Bertz CT molecular complexity index is 344. The zero-order valence-electron chi connectivity index (χ0n) is 9.86. The third-order valence-electron chi connectivity index (χ3n) is 2.20. The summed E-state index contributed by atoms with van der Waals surface area (Å²) in [6.45, 7) is 5.09. The molecule has 5 nitrogen and oxygen atoms in total. The first kappa shape index (κ1) is 15.1. The van der Waals surface area contributed by atoms with E-state index in [1.165, 1.54) is 0 Å². The summed E-state index contributed by atoms with van der Waals surface area (Å²) in [6.07, 6.45) is -0.0154. The van der Waals surface area contributed by atoms with Gasteiger partial charge in [-0.2, -0.15) is 0 Å². The lowest BCUT2D eigenvalue weighted by molar-refractivity contribution is -0.145. The van der Waals surface area contributed by atoms with Crippen molar-refractivity contribution in [3.63, 3.8) is 0 Å². The van der Waals surface area contributed by atoms with Crippen molar-refractivity contribution >= 4 is 21.6 Å². The lowest BCUT2D eigenvalue weighted by Gasteiger charge is -2.09. The predicted octanol–water partition coefficient (Wildman–Crippen LogP) is 0.722. The van der Waals surface area contributed by atoms with Crippen molar-refractivity contribution < 1.29 is 22.7 Å². The van der Waals surface area contributed by atoms with E-state index in [9.17, 15) is 18.0 Å². The number of ketones is 1. The van der Waals surface area contributed by atoms with Crippen LogP contribution >= 0.6 is 0 Å². The van der Waals surface area contributed by atoms with Gasteiger partial charge in [0, 0.05) is 0 Å². The Morgan fingerprint density at radius 1 is 1.25 bits per heavy atom. The third kappa shape index (κ3) is 5.25. The van der Waals surface area contributed by atoms with Gasteiger partial charge >= 0.3 is 5.97 Å². The maximum atomic E-state index is 11.5. The Morgan fingerprint density at radius 3 is 2.25 bits per heavy atom. The highest BCUT2D eigenvalue weighted by atomic mass is 32.2. The van der Waals surface area contributed by atoms with Crippen molar-refractivity contribution in [1.82, 2.24) is 0 Å². The molecule has 0 saturated heterocycles. The molecule has 0 heterocycles. The van der Waals surface area contributed by atoms with E-state index in [0.29, 0.717) is 6.42 Å². The van der Waals surface area contributed by atoms with E-state index in [1.807, 2.05) is 0 Å². The molecule has 1 atom stereocenters. The third-order valence-corrected chi connectivity index (χ3v) is 4.48. The fourth-order valence-electron chi connectivity index (χ4n) is 1.04. The first-order valence-corrected chi connectivity index (χ1v) is 6.93. The zero-order valence-corrected chi connectivity index (χ0v) is 10.7. The van der Waals surface area contributed by atoms with Crippen LogP contribution in [-0.4, -0.2) is 37.8 Å². The van der Waals surface area contributed by atoms with Crippen LogP contribution in [0.25, 0.3) is 0 Å². The van der Waals surface area contributed by atoms with Crippen LogP contribution in [0.5, 0.6) is 0 Å². The van der Waals surface area contributed by atoms with Crippen molar-refractivity contribution in [3.05, 3.63) is 0 Å². The van der Waals surface area contributed by atoms with E-state index < -0.39 is 39.0 Å². The minimum absolute atomic E-state index is 0.185. The molecule has 0 aliphatic heterocycles. The van der Waals surface area contributed by atoms with Crippen molar-refractivity contribution in [2.45, 2.75) is 38.9 Å². The number of hydrogen-bond donors (Lipinski definition) is 0. The van der Waals surface area contributed by atoms with Crippen LogP contribution in [0, 0.1) is 0 Å². The Hall–Kier alpha value is -0.910. The summed E-state index contributed by atoms with van der Waals surface area (Å²) >= 11 is 0. The minimum atomic E-state index is -3.43. The lowest BCUT2D eigenvalue weighted by Crippen LogP contribution is -2.26. The number of hydrogen-bond acceptors (Lipinski definition) is 5. The first-order chi connectivity index (χ1) is 7.33. The van der Waals surface area contributed by atoms with Gasteiger partial charge in [-0.25, -0.2) is 8.42 Å². The molecule has 0 saturated carbocycles. The summed E-state index contributed by atoms with van der Waals surface area (Å²) in [4.78, 5) is 22.2. The maximum absolute atomic E-state index is 11.5. The summed E-state index contributed by atoms with van der Waals surface area (Å²) in [5, 5.41) is -0.557. The highest BCUT2D eigenvalue weighted by Gasteiger charge is 2.24. The number of esters is 1. The van der Waals surface area contributed by atoms with Gasteiger partial charge in [0.15, 0.2) is 15.6 Å². The zero-order chi connectivity index (χ0) is 12.8. The number of ether oxygens (including phenoxy) is 1. The summed E-state index contributed by atoms with van der Waals surface area (Å²) in [7, 11) is -3.43. The Balaban J connectivity index is 4.30. The molecule has 0 aliphatic carbocycles. The Morgan fingerprint density at radius 2 is 1.81 bits per heavy atom. The van der Waals surface area contributed by atoms with Gasteiger partial charge in [-0.1, -0.05) is 6.92 Å². The smallest absolute Gasteiger partial charge is 0.313 e. The van der Waals surface area contributed by atoms with Crippen LogP contribution in [0.15, 0.2) is 0 Å². The van der Waals surface area contributed by atoms with Crippen molar-refractivity contribution in [3.8, 4) is 0 Å². The van der Waals surface area contributed by atoms with Gasteiger partial charge in [0.25, 0.3) is 0 Å². The SMILES string of the molecule is CCOC(=O)CC(=O)CS(=O)(=O)C(C)CC. The fraction of sp³-hybridized carbons (Fsp3) is 0.800. The molecule has 0 bridgehead atoms. The number of carbonyl (C=O) groups is 2. The molecule has 0 amide bonds. The number of rotatable bonds is 7. The molecular weight excluding hydrogens is 232 g/mol. The van der Waals surface area contributed by atoms with Gasteiger partial charge in [0.1, 0.15) is 12.2 Å². The molecule has 94 valence electrons. The van der Waals surface area contributed by atoms with Gasteiger partial charge in [-0.15, -0.1) is 0 Å². The van der Waals surface area contributed by atoms with Gasteiger partial charge in [-0.3, -0.25) is 9.59 Å². The molecule has 0 spiro atoms. The highest BCUT2D eigenvalue weighted by Crippen LogP contribution is 2.07. The second-order valence-corrected chi connectivity index (χ2v) is 5.97. The normalized spacial score (nSPS) is 13.2. The van der Waals surface area contributed by atoms with Crippen LogP contribution in [0.2, 0.25) is 0 Å². The van der Waals surface area contributed by atoms with Crippen LogP contribution in [0.3, 0.4) is 0 Å². The van der Waals surface area contributed by atoms with Gasteiger partial charge in [0.2, 0.25) is 0 Å². The summed E-state index contributed by atoms with van der Waals surface area (Å²) in [5.74, 6) is -1.87. The Kier molecular flexibility index (Phi) is 6.25. The quantitative estimate of drug-likeness (QED) is 0.491. The molecule has 0 aromatic heterocycles. The number of sulfone groups is 1. The summed E-state index contributed by atoms with van der Waals surface area (Å²) < 4.78 is 27.6. The van der Waals surface area contributed by atoms with E-state index in [2.05, 4.69) is 4.74 Å². The van der Waals surface area contributed by atoms with E-state index >= 15 is 0 Å². The van der Waals surface area contributed by atoms with Gasteiger partial charge in [-0.05, 0) is 20.3 Å². The van der Waals surface area contributed by atoms with Gasteiger partial charge < -0.3 is 4.74 Å². The van der Waals surface area contributed by atoms with E-state index in [1.54, 1.807) is 20.8 Å². The molecule has 0 aromatic carbocycles. The number of carbonyl (C=O) groups excluding carboxylic acids is 2. The van der Waals surface area contributed by atoms with Gasteiger partial charge in [0.05, 0.1) is 11.9 Å². The molecule has 1 unspecified atom stereocenters. The second-order valence-electron chi connectivity index (χ2n) is 3.55. The van der Waals surface area contributed by atoms with Crippen molar-refractivity contribution in [1.29, 1.82) is 0 Å². The fourth-order valence-corrected chi connectivity index (χ4v) is 2.39. The van der Waals surface area contributed by atoms with Crippen molar-refractivity contribution in [2.24, 2.45) is 0 Å². The highest BCUT2D eigenvalue weighted by molar-refractivity contribution is 7.92. The average molecular weight is 250 g/mol. The summed E-state index contributed by atoms with van der Waals surface area (Å²) in [5.41, 5.74) is 0. The second kappa shape index (κ2) is 6.62. The molecule has 0 fully saturated rings. The topological polar surface area (TPSA) is 77.5 Å². The average Bonchev–Trinajstić information content (AvgIpc) is 2.15. The predicted molar refractivity (Wildman–Crippen MR) is 59.8 cm³/mol. The standard InChI is InChI=1S/C10H18O5S/c1-4-8(3)16(13,14)7-9(11)6-10(12)15-5-2/h8H,4-7H2,1-3H3. The molecule has 0 N–H and O–H groups in total. The molecule has 0 radical (unpaired) electrons.